The molecule has 0 aliphatic heterocycles. The molecular formula is C26H33NO2. The highest BCUT2D eigenvalue weighted by atomic mass is 16.5. The zero-order valence-electron chi connectivity index (χ0n) is 18.0. The lowest BCUT2D eigenvalue weighted by molar-refractivity contribution is -0.148. The number of carbonyl (C=O) groups excluding carboxylic acids is 1. The van der Waals surface area contributed by atoms with E-state index in [0.717, 1.165) is 37.0 Å². The summed E-state index contributed by atoms with van der Waals surface area (Å²) >= 11 is 0. The van der Waals surface area contributed by atoms with Crippen LogP contribution in [-0.2, 0) is 9.53 Å². The Morgan fingerprint density at radius 2 is 1.93 bits per heavy atom. The van der Waals surface area contributed by atoms with E-state index in [0.29, 0.717) is 0 Å². The Kier molecular flexibility index (Phi) is 4.49. The minimum absolute atomic E-state index is 0.0857. The monoisotopic (exact) mass is 391 g/mol. The lowest BCUT2D eigenvalue weighted by atomic mass is 9.47. The molecule has 2 fully saturated rings. The predicted molar refractivity (Wildman–Crippen MR) is 115 cm³/mol. The van der Waals surface area contributed by atoms with E-state index in [1.165, 1.54) is 43.7 Å². The number of hydrogen-bond acceptors (Lipinski definition) is 3. The third kappa shape index (κ3) is 2.92. The lowest BCUT2D eigenvalue weighted by Gasteiger charge is -2.57. The van der Waals surface area contributed by atoms with Crippen LogP contribution >= 0.6 is 0 Å². The van der Waals surface area contributed by atoms with Crippen molar-refractivity contribution in [1.29, 1.82) is 0 Å². The third-order valence-corrected chi connectivity index (χ3v) is 8.94. The third-order valence-electron chi connectivity index (χ3n) is 8.94. The summed E-state index contributed by atoms with van der Waals surface area (Å²) < 4.78 is 5.58. The van der Waals surface area contributed by atoms with Crippen molar-refractivity contribution in [1.82, 2.24) is 4.98 Å². The van der Waals surface area contributed by atoms with Crippen LogP contribution in [0.15, 0.2) is 42.3 Å². The van der Waals surface area contributed by atoms with Gasteiger partial charge in [0.25, 0.3) is 0 Å². The summed E-state index contributed by atoms with van der Waals surface area (Å²) in [6.07, 6.45) is 17.1. The van der Waals surface area contributed by atoms with Gasteiger partial charge in [0.1, 0.15) is 6.10 Å². The van der Waals surface area contributed by atoms with Gasteiger partial charge in [-0.25, -0.2) is 0 Å². The quantitative estimate of drug-likeness (QED) is 0.460. The molecule has 3 heteroatoms. The van der Waals surface area contributed by atoms with Gasteiger partial charge in [0.05, 0.1) is 0 Å². The molecule has 1 aromatic heterocycles. The molecule has 5 rings (SSSR count). The Morgan fingerprint density at radius 3 is 2.69 bits per heavy atom. The first-order valence-electron chi connectivity index (χ1n) is 11.4. The molecule has 0 spiro atoms. The topological polar surface area (TPSA) is 39.2 Å². The molecule has 0 N–H and O–H groups in total. The summed E-state index contributed by atoms with van der Waals surface area (Å²) in [5.74, 6) is 2.12. The maximum atomic E-state index is 11.4. The van der Waals surface area contributed by atoms with E-state index in [2.05, 4.69) is 43.1 Å². The average Bonchev–Trinajstić information content (AvgIpc) is 3.06. The van der Waals surface area contributed by atoms with Crippen LogP contribution in [0.2, 0.25) is 0 Å². The average molecular weight is 392 g/mol. The van der Waals surface area contributed by atoms with Crippen LogP contribution in [0.1, 0.15) is 71.3 Å². The van der Waals surface area contributed by atoms with E-state index in [9.17, 15) is 4.79 Å². The van der Waals surface area contributed by atoms with Crippen molar-refractivity contribution in [3.8, 4) is 0 Å². The minimum Gasteiger partial charge on any atom is -0.462 e. The molecule has 29 heavy (non-hydrogen) atoms. The van der Waals surface area contributed by atoms with E-state index in [4.69, 9.17) is 4.74 Å². The van der Waals surface area contributed by atoms with Crippen molar-refractivity contribution < 1.29 is 9.53 Å². The van der Waals surface area contributed by atoms with Gasteiger partial charge in [0.15, 0.2) is 0 Å². The van der Waals surface area contributed by atoms with E-state index < -0.39 is 0 Å². The summed E-state index contributed by atoms with van der Waals surface area (Å²) in [7, 11) is 0. The maximum absolute atomic E-state index is 11.4. The number of aromatic nitrogens is 1. The molecular weight excluding hydrogens is 358 g/mol. The number of esters is 1. The van der Waals surface area contributed by atoms with E-state index in [1.807, 2.05) is 12.4 Å². The van der Waals surface area contributed by atoms with Gasteiger partial charge in [-0.15, -0.1) is 0 Å². The molecule has 154 valence electrons. The number of pyridine rings is 1. The van der Waals surface area contributed by atoms with Gasteiger partial charge in [-0.3, -0.25) is 9.78 Å². The molecule has 1 heterocycles. The van der Waals surface area contributed by atoms with Crippen molar-refractivity contribution in [2.45, 2.75) is 71.8 Å². The number of hydrogen-bond donors (Lipinski definition) is 0. The Balaban J connectivity index is 1.41. The van der Waals surface area contributed by atoms with Crippen LogP contribution in [0.25, 0.3) is 5.57 Å². The molecule has 0 bridgehead atoms. The molecule has 1 aromatic rings. The fourth-order valence-electron chi connectivity index (χ4n) is 7.50. The number of nitrogens with zero attached hydrogens (tertiary/aromatic N) is 1. The second kappa shape index (κ2) is 6.82. The fraction of sp³-hybridized carbons (Fsp3) is 0.615. The van der Waals surface area contributed by atoms with Gasteiger partial charge in [0.2, 0.25) is 0 Å². The van der Waals surface area contributed by atoms with Crippen molar-refractivity contribution in [3.63, 3.8) is 0 Å². The molecule has 0 amide bonds. The van der Waals surface area contributed by atoms with Gasteiger partial charge in [-0.2, -0.15) is 0 Å². The highest BCUT2D eigenvalue weighted by Gasteiger charge is 2.56. The van der Waals surface area contributed by atoms with Crippen LogP contribution in [0.4, 0.5) is 0 Å². The fourth-order valence-corrected chi connectivity index (χ4v) is 7.50. The Hall–Kier alpha value is -1.90. The summed E-state index contributed by atoms with van der Waals surface area (Å²) in [5, 5.41) is 0. The molecule has 0 radical (unpaired) electrons. The molecule has 2 saturated carbocycles. The van der Waals surface area contributed by atoms with Crippen molar-refractivity contribution in [2.24, 2.45) is 28.6 Å². The van der Waals surface area contributed by atoms with E-state index in [1.54, 1.807) is 5.57 Å². The van der Waals surface area contributed by atoms with Crippen LogP contribution < -0.4 is 0 Å². The van der Waals surface area contributed by atoms with Gasteiger partial charge in [-0.05, 0) is 84.3 Å². The Labute approximate surface area is 174 Å². The van der Waals surface area contributed by atoms with Gasteiger partial charge < -0.3 is 4.74 Å². The smallest absolute Gasteiger partial charge is 0.302 e. The SMILES string of the molecule is CC(=O)O[C@H]1CC[C@@]2(C)C(=CC[C@@H]3C2CC[C@]2(C)C(c4cccnc4)=CCC32)C1. The summed E-state index contributed by atoms with van der Waals surface area (Å²) in [4.78, 5) is 15.8. The number of fused-ring (bicyclic) bond motifs is 5. The largest absolute Gasteiger partial charge is 0.462 e. The minimum atomic E-state index is -0.138. The highest BCUT2D eigenvalue weighted by molar-refractivity contribution is 5.72. The van der Waals surface area contributed by atoms with Crippen molar-refractivity contribution >= 4 is 11.5 Å². The maximum Gasteiger partial charge on any atom is 0.302 e. The standard InChI is InChI=1S/C26H33NO2/c1-17(28)29-20-10-12-25(2)19(15-20)6-7-21-23-9-8-22(18-5-4-14-27-16-18)26(23,3)13-11-24(21)25/h4-6,8,14,16,20-21,23-24H,7,9-13,15H2,1-3H3/t20-,21-,23?,24?,25-,26+/m0/s1. The summed E-state index contributed by atoms with van der Waals surface area (Å²) in [5.41, 5.74) is 4.99. The second-order valence-corrected chi connectivity index (χ2v) is 10.3. The molecule has 0 saturated heterocycles. The van der Waals surface area contributed by atoms with Crippen LogP contribution in [0, 0.1) is 28.6 Å². The van der Waals surface area contributed by atoms with Crippen LogP contribution in [0.5, 0.6) is 0 Å². The zero-order valence-corrected chi connectivity index (χ0v) is 18.0. The van der Waals surface area contributed by atoms with Crippen LogP contribution in [-0.4, -0.2) is 17.1 Å². The molecule has 4 aliphatic rings. The van der Waals surface area contributed by atoms with E-state index in [-0.39, 0.29) is 22.9 Å². The molecule has 6 atom stereocenters. The zero-order chi connectivity index (χ0) is 20.2. The van der Waals surface area contributed by atoms with Crippen molar-refractivity contribution in [3.05, 3.63) is 47.8 Å². The van der Waals surface area contributed by atoms with Gasteiger partial charge in [-0.1, -0.05) is 37.6 Å². The number of rotatable bonds is 2. The number of carbonyl (C=O) groups is 1. The number of ether oxygens (including phenoxy) is 1. The van der Waals surface area contributed by atoms with Crippen molar-refractivity contribution in [2.75, 3.05) is 0 Å². The Bertz CT molecular complexity index is 872. The molecule has 0 aromatic carbocycles. The molecule has 2 unspecified atom stereocenters. The highest BCUT2D eigenvalue weighted by Crippen LogP contribution is 2.66. The summed E-state index contributed by atoms with van der Waals surface area (Å²) in [6, 6.07) is 4.30. The summed E-state index contributed by atoms with van der Waals surface area (Å²) in [6.45, 7) is 6.56. The molecule has 3 nitrogen and oxygen atoms in total. The number of allylic oxidation sites excluding steroid dienone is 3. The van der Waals surface area contributed by atoms with Gasteiger partial charge >= 0.3 is 5.97 Å². The normalized spacial score (nSPS) is 40.8. The predicted octanol–water partition coefficient (Wildman–Crippen LogP) is 5.97. The first-order valence-corrected chi connectivity index (χ1v) is 11.4. The molecule has 4 aliphatic carbocycles. The Morgan fingerprint density at radius 1 is 1.10 bits per heavy atom. The first-order chi connectivity index (χ1) is 13.9. The van der Waals surface area contributed by atoms with E-state index >= 15 is 0 Å². The van der Waals surface area contributed by atoms with Gasteiger partial charge in [0, 0.05) is 25.7 Å². The van der Waals surface area contributed by atoms with Crippen LogP contribution in [0.3, 0.4) is 0 Å². The first kappa shape index (κ1) is 19.1. The lowest BCUT2D eigenvalue weighted by Crippen LogP contribution is -2.50. The second-order valence-electron chi connectivity index (χ2n) is 10.3.